The van der Waals surface area contributed by atoms with Crippen LogP contribution in [0.2, 0.25) is 0 Å². The molecule has 112 valence electrons. The Labute approximate surface area is 120 Å². The van der Waals surface area contributed by atoms with Gasteiger partial charge < -0.3 is 9.47 Å². The standard InChI is InChI=1S/C14H21NO4S/c1-11(2)12-4-5-13(18-3)14(10-12)20(16,17)15-6-8-19-9-7-15/h4-5,10-11H,6-9H2,1-3H3. The summed E-state index contributed by atoms with van der Waals surface area (Å²) in [6, 6.07) is 5.35. The number of ether oxygens (including phenoxy) is 2. The summed E-state index contributed by atoms with van der Waals surface area (Å²) in [4.78, 5) is 0.244. The molecule has 1 heterocycles. The first kappa shape index (κ1) is 15.3. The van der Waals surface area contributed by atoms with Crippen molar-refractivity contribution in [2.45, 2.75) is 24.7 Å². The van der Waals surface area contributed by atoms with Gasteiger partial charge >= 0.3 is 0 Å². The molecule has 6 heteroatoms. The van der Waals surface area contributed by atoms with E-state index >= 15 is 0 Å². The number of benzene rings is 1. The van der Waals surface area contributed by atoms with Crippen molar-refractivity contribution in [3.8, 4) is 5.75 Å². The van der Waals surface area contributed by atoms with Gasteiger partial charge in [-0.05, 0) is 23.6 Å². The molecule has 0 radical (unpaired) electrons. The molecule has 1 aliphatic heterocycles. The SMILES string of the molecule is COc1ccc(C(C)C)cc1S(=O)(=O)N1CCOCC1. The predicted molar refractivity (Wildman–Crippen MR) is 76.7 cm³/mol. The van der Waals surface area contributed by atoms with E-state index in [1.807, 2.05) is 19.9 Å². The van der Waals surface area contributed by atoms with Crippen molar-refractivity contribution in [2.24, 2.45) is 0 Å². The average molecular weight is 299 g/mol. The van der Waals surface area contributed by atoms with Gasteiger partial charge in [0.05, 0.1) is 20.3 Å². The van der Waals surface area contributed by atoms with Crippen LogP contribution in [0.1, 0.15) is 25.3 Å². The highest BCUT2D eigenvalue weighted by Crippen LogP contribution is 2.30. The Morgan fingerprint density at radius 3 is 2.45 bits per heavy atom. The van der Waals surface area contributed by atoms with Gasteiger partial charge in [0.15, 0.2) is 0 Å². The molecular weight excluding hydrogens is 278 g/mol. The summed E-state index contributed by atoms with van der Waals surface area (Å²) in [5.41, 5.74) is 0.984. The van der Waals surface area contributed by atoms with Crippen LogP contribution in [0.25, 0.3) is 0 Å². The summed E-state index contributed by atoms with van der Waals surface area (Å²) in [5, 5.41) is 0. The topological polar surface area (TPSA) is 55.8 Å². The molecule has 0 bridgehead atoms. The number of sulfonamides is 1. The zero-order valence-electron chi connectivity index (χ0n) is 12.1. The van der Waals surface area contributed by atoms with Crippen molar-refractivity contribution in [3.05, 3.63) is 23.8 Å². The monoisotopic (exact) mass is 299 g/mol. The summed E-state index contributed by atoms with van der Waals surface area (Å²) >= 11 is 0. The minimum Gasteiger partial charge on any atom is -0.495 e. The fourth-order valence-electron chi connectivity index (χ4n) is 2.18. The van der Waals surface area contributed by atoms with Gasteiger partial charge in [-0.3, -0.25) is 0 Å². The van der Waals surface area contributed by atoms with Crippen molar-refractivity contribution >= 4 is 10.0 Å². The molecule has 5 nitrogen and oxygen atoms in total. The number of methoxy groups -OCH3 is 1. The molecule has 1 aliphatic rings. The molecule has 0 saturated carbocycles. The Bertz CT molecular complexity index is 563. The molecule has 0 N–H and O–H groups in total. The van der Waals surface area contributed by atoms with Crippen LogP contribution in [0.15, 0.2) is 23.1 Å². The zero-order valence-corrected chi connectivity index (χ0v) is 12.9. The summed E-state index contributed by atoms with van der Waals surface area (Å²) in [6.07, 6.45) is 0. The third-order valence-electron chi connectivity index (χ3n) is 3.44. The number of morpholine rings is 1. The lowest BCUT2D eigenvalue weighted by Crippen LogP contribution is -2.40. The molecule has 0 aromatic heterocycles. The van der Waals surface area contributed by atoms with Gasteiger partial charge in [0.2, 0.25) is 10.0 Å². The third kappa shape index (κ3) is 2.97. The molecule has 0 amide bonds. The number of hydrogen-bond donors (Lipinski definition) is 0. The fraction of sp³-hybridized carbons (Fsp3) is 0.571. The van der Waals surface area contributed by atoms with E-state index in [0.717, 1.165) is 5.56 Å². The largest absolute Gasteiger partial charge is 0.495 e. The van der Waals surface area contributed by atoms with Gasteiger partial charge in [0.1, 0.15) is 10.6 Å². The van der Waals surface area contributed by atoms with Gasteiger partial charge in [-0.15, -0.1) is 0 Å². The summed E-state index contributed by atoms with van der Waals surface area (Å²) in [5.74, 6) is 0.653. The van der Waals surface area contributed by atoms with E-state index in [9.17, 15) is 8.42 Å². The maximum absolute atomic E-state index is 12.7. The second-order valence-corrected chi connectivity index (χ2v) is 6.99. The molecular formula is C14H21NO4S. The maximum atomic E-state index is 12.7. The predicted octanol–water partition coefficient (Wildman–Crippen LogP) is 1.84. The molecule has 1 aromatic carbocycles. The number of nitrogens with zero attached hydrogens (tertiary/aromatic N) is 1. The van der Waals surface area contributed by atoms with Crippen LogP contribution in [-0.2, 0) is 14.8 Å². The van der Waals surface area contributed by atoms with Crippen LogP contribution in [-0.4, -0.2) is 46.1 Å². The summed E-state index contributed by atoms with van der Waals surface area (Å²) in [7, 11) is -2.04. The average Bonchev–Trinajstić information content (AvgIpc) is 2.47. The van der Waals surface area contributed by atoms with Crippen molar-refractivity contribution in [2.75, 3.05) is 33.4 Å². The van der Waals surface area contributed by atoms with Gasteiger partial charge in [-0.2, -0.15) is 4.31 Å². The third-order valence-corrected chi connectivity index (χ3v) is 5.36. The van der Waals surface area contributed by atoms with E-state index in [-0.39, 0.29) is 10.8 Å². The maximum Gasteiger partial charge on any atom is 0.246 e. The van der Waals surface area contributed by atoms with E-state index in [2.05, 4.69) is 0 Å². The van der Waals surface area contributed by atoms with E-state index < -0.39 is 10.0 Å². The van der Waals surface area contributed by atoms with Gasteiger partial charge in [0, 0.05) is 13.1 Å². The Balaban J connectivity index is 2.45. The van der Waals surface area contributed by atoms with Crippen molar-refractivity contribution < 1.29 is 17.9 Å². The normalized spacial score (nSPS) is 17.4. The first-order valence-corrected chi connectivity index (χ1v) is 8.16. The minimum absolute atomic E-state index is 0.244. The molecule has 1 saturated heterocycles. The van der Waals surface area contributed by atoms with Crippen LogP contribution >= 0.6 is 0 Å². The molecule has 0 aliphatic carbocycles. The Morgan fingerprint density at radius 1 is 1.25 bits per heavy atom. The molecule has 0 atom stereocenters. The van der Waals surface area contributed by atoms with Crippen LogP contribution in [0.5, 0.6) is 5.75 Å². The van der Waals surface area contributed by atoms with E-state index in [4.69, 9.17) is 9.47 Å². The molecule has 1 fully saturated rings. The highest BCUT2D eigenvalue weighted by Gasteiger charge is 2.29. The zero-order chi connectivity index (χ0) is 14.8. The lowest BCUT2D eigenvalue weighted by atomic mass is 10.0. The van der Waals surface area contributed by atoms with Crippen LogP contribution in [0, 0.1) is 0 Å². The quantitative estimate of drug-likeness (QED) is 0.851. The molecule has 20 heavy (non-hydrogen) atoms. The lowest BCUT2D eigenvalue weighted by Gasteiger charge is -2.27. The van der Waals surface area contributed by atoms with E-state index in [1.54, 1.807) is 12.1 Å². The van der Waals surface area contributed by atoms with Crippen LogP contribution in [0.4, 0.5) is 0 Å². The highest BCUT2D eigenvalue weighted by molar-refractivity contribution is 7.89. The molecule has 0 spiro atoms. The second kappa shape index (κ2) is 6.11. The van der Waals surface area contributed by atoms with Gasteiger partial charge in [-0.25, -0.2) is 8.42 Å². The lowest BCUT2D eigenvalue weighted by molar-refractivity contribution is 0.0729. The van der Waals surface area contributed by atoms with Gasteiger partial charge in [-0.1, -0.05) is 19.9 Å². The minimum atomic E-state index is -3.53. The van der Waals surface area contributed by atoms with E-state index in [1.165, 1.54) is 11.4 Å². The van der Waals surface area contributed by atoms with Crippen molar-refractivity contribution in [3.63, 3.8) is 0 Å². The number of rotatable bonds is 4. The van der Waals surface area contributed by atoms with Crippen molar-refractivity contribution in [1.82, 2.24) is 4.31 Å². The molecule has 2 rings (SSSR count). The first-order chi connectivity index (χ1) is 9.46. The Kier molecular flexibility index (Phi) is 4.67. The molecule has 1 aromatic rings. The van der Waals surface area contributed by atoms with E-state index in [0.29, 0.717) is 32.1 Å². The molecule has 0 unspecified atom stereocenters. The second-order valence-electron chi connectivity index (χ2n) is 5.08. The first-order valence-electron chi connectivity index (χ1n) is 6.72. The Hall–Kier alpha value is -1.11. The Morgan fingerprint density at radius 2 is 1.90 bits per heavy atom. The van der Waals surface area contributed by atoms with Crippen LogP contribution < -0.4 is 4.74 Å². The smallest absolute Gasteiger partial charge is 0.246 e. The number of hydrogen-bond acceptors (Lipinski definition) is 4. The summed E-state index contributed by atoms with van der Waals surface area (Å²) < 4.78 is 37.4. The van der Waals surface area contributed by atoms with Crippen LogP contribution in [0.3, 0.4) is 0 Å². The van der Waals surface area contributed by atoms with Crippen molar-refractivity contribution in [1.29, 1.82) is 0 Å². The van der Waals surface area contributed by atoms with Gasteiger partial charge in [0.25, 0.3) is 0 Å². The highest BCUT2D eigenvalue weighted by atomic mass is 32.2. The summed E-state index contributed by atoms with van der Waals surface area (Å²) in [6.45, 7) is 5.71. The fourth-order valence-corrected chi connectivity index (χ4v) is 3.78.